The molecule has 3 rings (SSSR count). The Balaban J connectivity index is 1.79. The quantitative estimate of drug-likeness (QED) is 0.789. The molecule has 1 fully saturated rings. The van der Waals surface area contributed by atoms with Gasteiger partial charge in [-0.25, -0.2) is 0 Å². The Kier molecular flexibility index (Phi) is 3.29. The summed E-state index contributed by atoms with van der Waals surface area (Å²) in [6.45, 7) is 2.43. The molecule has 1 aromatic rings. The van der Waals surface area contributed by atoms with Crippen LogP contribution in [0, 0.1) is 0 Å². The molecule has 0 saturated heterocycles. The predicted octanol–water partition coefficient (Wildman–Crippen LogP) is 3.05. The van der Waals surface area contributed by atoms with Crippen LogP contribution in [0.1, 0.15) is 36.8 Å². The van der Waals surface area contributed by atoms with E-state index in [0.717, 1.165) is 6.04 Å². The highest BCUT2D eigenvalue weighted by atomic mass is 15.2. The van der Waals surface area contributed by atoms with Crippen LogP contribution in [0.4, 0.5) is 5.69 Å². The molecule has 0 spiro atoms. The molecule has 0 aromatic heterocycles. The maximum absolute atomic E-state index is 2.72. The molecular weight excluding hydrogens is 220 g/mol. The van der Waals surface area contributed by atoms with Crippen LogP contribution in [-0.4, -0.2) is 31.6 Å². The average molecular weight is 244 g/mol. The van der Waals surface area contributed by atoms with E-state index < -0.39 is 0 Å². The van der Waals surface area contributed by atoms with Gasteiger partial charge < -0.3 is 4.90 Å². The lowest BCUT2D eigenvalue weighted by Gasteiger charge is -2.34. The van der Waals surface area contributed by atoms with Gasteiger partial charge in [0.15, 0.2) is 0 Å². The SMILES string of the molecule is CN(C)c1ccc2c(c1)CN(C1CCCC1)CC2. The number of rotatable bonds is 2. The van der Waals surface area contributed by atoms with Crippen molar-refractivity contribution in [2.45, 2.75) is 44.7 Å². The second-order valence-corrected chi connectivity index (χ2v) is 6.01. The van der Waals surface area contributed by atoms with E-state index in [1.54, 1.807) is 11.1 Å². The van der Waals surface area contributed by atoms with E-state index in [0.29, 0.717) is 0 Å². The van der Waals surface area contributed by atoms with Gasteiger partial charge in [-0.15, -0.1) is 0 Å². The minimum Gasteiger partial charge on any atom is -0.378 e. The van der Waals surface area contributed by atoms with Crippen molar-refractivity contribution in [2.75, 3.05) is 25.5 Å². The van der Waals surface area contributed by atoms with Gasteiger partial charge in [0.1, 0.15) is 0 Å². The van der Waals surface area contributed by atoms with E-state index in [4.69, 9.17) is 0 Å². The molecule has 2 heteroatoms. The fourth-order valence-corrected chi connectivity index (χ4v) is 3.42. The van der Waals surface area contributed by atoms with Crippen molar-refractivity contribution < 1.29 is 0 Å². The molecule has 1 saturated carbocycles. The summed E-state index contributed by atoms with van der Waals surface area (Å²) in [4.78, 5) is 4.92. The van der Waals surface area contributed by atoms with E-state index in [1.165, 1.54) is 50.9 Å². The van der Waals surface area contributed by atoms with Gasteiger partial charge in [-0.3, -0.25) is 4.90 Å². The Bertz CT molecular complexity index is 419. The van der Waals surface area contributed by atoms with Gasteiger partial charge in [0.05, 0.1) is 0 Å². The molecule has 0 radical (unpaired) electrons. The number of hydrogen-bond acceptors (Lipinski definition) is 2. The van der Waals surface area contributed by atoms with Crippen LogP contribution in [0.5, 0.6) is 0 Å². The second-order valence-electron chi connectivity index (χ2n) is 6.01. The highest BCUT2D eigenvalue weighted by Crippen LogP contribution is 2.30. The van der Waals surface area contributed by atoms with E-state index in [9.17, 15) is 0 Å². The molecule has 0 bridgehead atoms. The van der Waals surface area contributed by atoms with E-state index in [1.807, 2.05) is 0 Å². The highest BCUT2D eigenvalue weighted by molar-refractivity contribution is 5.50. The molecule has 0 amide bonds. The topological polar surface area (TPSA) is 6.48 Å². The van der Waals surface area contributed by atoms with Crippen LogP contribution in [0.3, 0.4) is 0 Å². The van der Waals surface area contributed by atoms with Crippen LogP contribution >= 0.6 is 0 Å². The normalized spacial score (nSPS) is 21.0. The summed E-state index contributed by atoms with van der Waals surface area (Å²) >= 11 is 0. The third-order valence-corrected chi connectivity index (χ3v) is 4.59. The van der Waals surface area contributed by atoms with Crippen molar-refractivity contribution in [2.24, 2.45) is 0 Å². The molecule has 18 heavy (non-hydrogen) atoms. The van der Waals surface area contributed by atoms with Crippen molar-refractivity contribution >= 4 is 5.69 Å². The van der Waals surface area contributed by atoms with Crippen molar-refractivity contribution in [1.29, 1.82) is 0 Å². The first-order chi connectivity index (χ1) is 8.74. The summed E-state index contributed by atoms with van der Waals surface area (Å²) in [5.41, 5.74) is 4.45. The summed E-state index contributed by atoms with van der Waals surface area (Å²) in [6, 6.07) is 7.83. The minimum absolute atomic E-state index is 0.862. The van der Waals surface area contributed by atoms with Crippen LogP contribution in [0.15, 0.2) is 18.2 Å². The highest BCUT2D eigenvalue weighted by Gasteiger charge is 2.25. The maximum atomic E-state index is 2.72. The van der Waals surface area contributed by atoms with Crippen molar-refractivity contribution in [3.8, 4) is 0 Å². The summed E-state index contributed by atoms with van der Waals surface area (Å²) in [5.74, 6) is 0. The Morgan fingerprint density at radius 3 is 2.61 bits per heavy atom. The second kappa shape index (κ2) is 4.93. The van der Waals surface area contributed by atoms with Gasteiger partial charge in [-0.2, -0.15) is 0 Å². The monoisotopic (exact) mass is 244 g/mol. The summed E-state index contributed by atoms with van der Waals surface area (Å²) < 4.78 is 0. The van der Waals surface area contributed by atoms with Gasteiger partial charge in [0, 0.05) is 38.9 Å². The molecule has 2 nitrogen and oxygen atoms in total. The number of anilines is 1. The Labute approximate surface area is 111 Å². The fraction of sp³-hybridized carbons (Fsp3) is 0.625. The van der Waals surface area contributed by atoms with Crippen molar-refractivity contribution in [3.05, 3.63) is 29.3 Å². The zero-order valence-electron chi connectivity index (χ0n) is 11.7. The third kappa shape index (κ3) is 2.26. The van der Waals surface area contributed by atoms with Gasteiger partial charge in [0.25, 0.3) is 0 Å². The van der Waals surface area contributed by atoms with Crippen LogP contribution in [0.25, 0.3) is 0 Å². The lowest BCUT2D eigenvalue weighted by atomic mass is 9.97. The average Bonchev–Trinajstić information content (AvgIpc) is 2.91. The molecule has 2 aliphatic rings. The number of nitrogens with zero attached hydrogens (tertiary/aromatic N) is 2. The summed E-state index contributed by atoms with van der Waals surface area (Å²) in [7, 11) is 4.25. The third-order valence-electron chi connectivity index (χ3n) is 4.59. The first-order valence-corrected chi connectivity index (χ1v) is 7.27. The Morgan fingerprint density at radius 2 is 1.89 bits per heavy atom. The van der Waals surface area contributed by atoms with E-state index in [2.05, 4.69) is 42.1 Å². The molecule has 0 N–H and O–H groups in total. The van der Waals surface area contributed by atoms with Gasteiger partial charge in [-0.05, 0) is 42.5 Å². The molecule has 0 atom stereocenters. The zero-order chi connectivity index (χ0) is 12.5. The largest absolute Gasteiger partial charge is 0.378 e. The van der Waals surface area contributed by atoms with Crippen molar-refractivity contribution in [3.63, 3.8) is 0 Å². The number of benzene rings is 1. The van der Waals surface area contributed by atoms with Gasteiger partial charge >= 0.3 is 0 Å². The van der Waals surface area contributed by atoms with Gasteiger partial charge in [0.2, 0.25) is 0 Å². The lowest BCUT2D eigenvalue weighted by molar-refractivity contribution is 0.181. The summed E-state index contributed by atoms with van der Waals surface area (Å²) in [6.07, 6.45) is 6.95. The molecule has 1 aliphatic carbocycles. The first kappa shape index (κ1) is 12.0. The number of hydrogen-bond donors (Lipinski definition) is 0. The Hall–Kier alpha value is -1.02. The zero-order valence-corrected chi connectivity index (χ0v) is 11.7. The lowest BCUT2D eigenvalue weighted by Crippen LogP contribution is -2.37. The molecule has 1 aromatic carbocycles. The predicted molar refractivity (Wildman–Crippen MR) is 77.1 cm³/mol. The Morgan fingerprint density at radius 1 is 1.11 bits per heavy atom. The molecular formula is C16H24N2. The maximum Gasteiger partial charge on any atom is 0.0364 e. The molecule has 98 valence electrons. The smallest absolute Gasteiger partial charge is 0.0364 e. The van der Waals surface area contributed by atoms with E-state index in [-0.39, 0.29) is 0 Å². The first-order valence-electron chi connectivity index (χ1n) is 7.27. The van der Waals surface area contributed by atoms with Crippen molar-refractivity contribution in [1.82, 2.24) is 4.90 Å². The van der Waals surface area contributed by atoms with E-state index >= 15 is 0 Å². The van der Waals surface area contributed by atoms with Crippen LogP contribution in [0.2, 0.25) is 0 Å². The fourth-order valence-electron chi connectivity index (χ4n) is 3.42. The van der Waals surface area contributed by atoms with Crippen LogP contribution < -0.4 is 4.90 Å². The van der Waals surface area contributed by atoms with Gasteiger partial charge in [-0.1, -0.05) is 18.9 Å². The minimum atomic E-state index is 0.862. The molecule has 1 heterocycles. The number of fused-ring (bicyclic) bond motifs is 1. The molecule has 0 unspecified atom stereocenters. The molecule has 1 aliphatic heterocycles. The summed E-state index contributed by atoms with van der Waals surface area (Å²) in [5, 5.41) is 0. The standard InChI is InChI=1S/C16H24N2/c1-17(2)16-8-7-13-9-10-18(12-14(13)11-16)15-5-3-4-6-15/h7-8,11,15H,3-6,9-10,12H2,1-2H3. The van der Waals surface area contributed by atoms with Crippen LogP contribution in [-0.2, 0) is 13.0 Å².